The Labute approximate surface area is 175 Å². The van der Waals surface area contributed by atoms with Crippen LogP contribution in [0.15, 0.2) is 56.0 Å². The molecule has 0 atom stereocenters. The molecule has 1 N–H and O–H groups in total. The number of nitrogens with one attached hydrogen (secondary N) is 1. The van der Waals surface area contributed by atoms with E-state index in [-0.39, 0.29) is 11.6 Å². The summed E-state index contributed by atoms with van der Waals surface area (Å²) in [4.78, 5) is 12.8. The molecule has 0 aliphatic carbocycles. The molecule has 148 valence electrons. The van der Waals surface area contributed by atoms with Gasteiger partial charge in [-0.05, 0) is 66.1 Å². The number of hydrogen-bond acceptors (Lipinski definition) is 6. The lowest BCUT2D eigenvalue weighted by atomic mass is 10.1. The summed E-state index contributed by atoms with van der Waals surface area (Å²) in [5.41, 5.74) is 2.55. The van der Waals surface area contributed by atoms with E-state index in [0.717, 1.165) is 33.2 Å². The van der Waals surface area contributed by atoms with Crippen molar-refractivity contribution in [2.45, 2.75) is 20.3 Å². The predicted octanol–water partition coefficient (Wildman–Crippen LogP) is 5.59. The molecule has 2 heterocycles. The summed E-state index contributed by atoms with van der Waals surface area (Å²) in [6.07, 6.45) is 0.934. The number of aryl methyl sites for hydroxylation is 1. The van der Waals surface area contributed by atoms with E-state index in [1.165, 1.54) is 0 Å². The Balaban J connectivity index is 1.58. The molecule has 2 aromatic heterocycles. The second kappa shape index (κ2) is 8.08. The van der Waals surface area contributed by atoms with E-state index in [9.17, 15) is 4.79 Å². The van der Waals surface area contributed by atoms with Gasteiger partial charge in [0, 0.05) is 21.0 Å². The number of fused-ring (bicyclic) bond motifs is 1. The minimum atomic E-state index is -0.422. The lowest BCUT2D eigenvalue weighted by Crippen LogP contribution is -2.13. The van der Waals surface area contributed by atoms with Crippen molar-refractivity contribution in [3.05, 3.63) is 58.3 Å². The number of benzene rings is 2. The van der Waals surface area contributed by atoms with Crippen LogP contribution in [-0.2, 0) is 0 Å². The highest BCUT2D eigenvalue weighted by molar-refractivity contribution is 9.10. The van der Waals surface area contributed by atoms with E-state index in [1.54, 1.807) is 0 Å². The number of ether oxygens (including phenoxy) is 1. The zero-order valence-corrected chi connectivity index (χ0v) is 17.4. The number of anilines is 1. The highest BCUT2D eigenvalue weighted by atomic mass is 79.9. The highest BCUT2D eigenvalue weighted by Crippen LogP contribution is 2.30. The first kappa shape index (κ1) is 19.2. The second-order valence-electron chi connectivity index (χ2n) is 6.49. The number of furan rings is 1. The molecule has 1 amide bonds. The Bertz CT molecular complexity index is 1160. The summed E-state index contributed by atoms with van der Waals surface area (Å²) in [6, 6.07) is 12.9. The van der Waals surface area contributed by atoms with Crippen molar-refractivity contribution in [1.82, 2.24) is 10.3 Å². The minimum Gasteiger partial charge on any atom is -0.494 e. The van der Waals surface area contributed by atoms with Crippen LogP contribution in [0, 0.1) is 6.92 Å². The minimum absolute atomic E-state index is 0.218. The van der Waals surface area contributed by atoms with Crippen LogP contribution in [0.25, 0.3) is 22.2 Å². The van der Waals surface area contributed by atoms with E-state index in [0.29, 0.717) is 17.9 Å². The van der Waals surface area contributed by atoms with Gasteiger partial charge in [0.05, 0.1) is 6.61 Å². The molecule has 0 aliphatic heterocycles. The van der Waals surface area contributed by atoms with Gasteiger partial charge in [0.25, 0.3) is 5.91 Å². The van der Waals surface area contributed by atoms with Gasteiger partial charge in [-0.3, -0.25) is 10.1 Å². The normalized spacial score (nSPS) is 11.0. The standard InChI is InChI=1S/C21H18BrN3O4/c1-3-10-27-15-7-4-13(5-8-15)18-20(25-29-24-18)23-21(26)19-12(2)16-11-14(22)6-9-17(16)28-19/h4-9,11H,3,10H2,1-2H3,(H,23,25,26). The Morgan fingerprint density at radius 1 is 1.17 bits per heavy atom. The van der Waals surface area contributed by atoms with Gasteiger partial charge in [0.1, 0.15) is 11.3 Å². The summed E-state index contributed by atoms with van der Waals surface area (Å²) in [7, 11) is 0. The van der Waals surface area contributed by atoms with Gasteiger partial charge >= 0.3 is 0 Å². The average Bonchev–Trinajstić information content (AvgIpc) is 3.31. The number of amides is 1. The van der Waals surface area contributed by atoms with Gasteiger partial charge in [-0.1, -0.05) is 22.9 Å². The number of aromatic nitrogens is 2. The van der Waals surface area contributed by atoms with Crippen molar-refractivity contribution in [3.8, 4) is 17.0 Å². The summed E-state index contributed by atoms with van der Waals surface area (Å²) in [5.74, 6) is 0.782. The predicted molar refractivity (Wildman–Crippen MR) is 112 cm³/mol. The molecule has 7 nitrogen and oxygen atoms in total. The Hall–Kier alpha value is -3.13. The van der Waals surface area contributed by atoms with E-state index in [2.05, 4.69) is 31.6 Å². The van der Waals surface area contributed by atoms with Crippen molar-refractivity contribution in [2.75, 3.05) is 11.9 Å². The molecule has 0 aliphatic rings. The van der Waals surface area contributed by atoms with Crippen LogP contribution >= 0.6 is 15.9 Å². The molecule has 8 heteroatoms. The topological polar surface area (TPSA) is 90.4 Å². The van der Waals surface area contributed by atoms with Gasteiger partial charge in [0.2, 0.25) is 5.82 Å². The molecule has 0 radical (unpaired) electrons. The van der Waals surface area contributed by atoms with Gasteiger partial charge < -0.3 is 9.15 Å². The number of carbonyl (C=O) groups excluding carboxylic acids is 1. The lowest BCUT2D eigenvalue weighted by Gasteiger charge is -2.05. The van der Waals surface area contributed by atoms with Gasteiger partial charge in [-0.15, -0.1) is 0 Å². The maximum atomic E-state index is 12.8. The van der Waals surface area contributed by atoms with Gasteiger partial charge in [-0.25, -0.2) is 4.63 Å². The summed E-state index contributed by atoms with van der Waals surface area (Å²) in [5, 5.41) is 11.3. The molecule has 0 bridgehead atoms. The van der Waals surface area contributed by atoms with Crippen molar-refractivity contribution in [3.63, 3.8) is 0 Å². The van der Waals surface area contributed by atoms with Crippen molar-refractivity contribution in [2.24, 2.45) is 0 Å². The fraction of sp³-hybridized carbons (Fsp3) is 0.190. The van der Waals surface area contributed by atoms with Crippen LogP contribution in [-0.4, -0.2) is 22.8 Å². The van der Waals surface area contributed by atoms with Crippen LogP contribution < -0.4 is 10.1 Å². The Morgan fingerprint density at radius 2 is 1.97 bits per heavy atom. The number of nitrogens with zero attached hydrogens (tertiary/aromatic N) is 2. The zero-order chi connectivity index (χ0) is 20.4. The molecular weight excluding hydrogens is 438 g/mol. The molecule has 0 unspecified atom stereocenters. The largest absolute Gasteiger partial charge is 0.494 e. The summed E-state index contributed by atoms with van der Waals surface area (Å²) < 4.78 is 17.1. The van der Waals surface area contributed by atoms with E-state index >= 15 is 0 Å². The molecule has 29 heavy (non-hydrogen) atoms. The van der Waals surface area contributed by atoms with Crippen molar-refractivity contribution < 1.29 is 18.6 Å². The maximum absolute atomic E-state index is 12.8. The van der Waals surface area contributed by atoms with Crippen LogP contribution in [0.4, 0.5) is 5.82 Å². The van der Waals surface area contributed by atoms with Crippen LogP contribution in [0.3, 0.4) is 0 Å². The number of rotatable bonds is 6. The van der Waals surface area contributed by atoms with Crippen molar-refractivity contribution >= 4 is 38.6 Å². The van der Waals surface area contributed by atoms with Crippen LogP contribution in [0.5, 0.6) is 5.75 Å². The third kappa shape index (κ3) is 3.88. The van der Waals surface area contributed by atoms with Gasteiger partial charge in [0.15, 0.2) is 11.5 Å². The third-order valence-corrected chi connectivity index (χ3v) is 4.92. The van der Waals surface area contributed by atoms with Crippen LogP contribution in [0.1, 0.15) is 29.5 Å². The average molecular weight is 456 g/mol. The number of halogens is 1. The van der Waals surface area contributed by atoms with E-state index < -0.39 is 5.91 Å². The first-order valence-corrected chi connectivity index (χ1v) is 9.92. The zero-order valence-electron chi connectivity index (χ0n) is 15.9. The second-order valence-corrected chi connectivity index (χ2v) is 7.40. The third-order valence-electron chi connectivity index (χ3n) is 4.43. The number of carbonyl (C=O) groups is 1. The molecule has 0 saturated carbocycles. The lowest BCUT2D eigenvalue weighted by molar-refractivity contribution is 0.0997. The Kier molecular flexibility index (Phi) is 5.35. The van der Waals surface area contributed by atoms with E-state index in [1.807, 2.05) is 56.3 Å². The first-order valence-electron chi connectivity index (χ1n) is 9.12. The molecule has 4 rings (SSSR count). The van der Waals surface area contributed by atoms with Crippen molar-refractivity contribution in [1.29, 1.82) is 0 Å². The molecule has 0 fully saturated rings. The fourth-order valence-corrected chi connectivity index (χ4v) is 3.32. The molecule has 0 spiro atoms. The number of hydrogen-bond donors (Lipinski definition) is 1. The monoisotopic (exact) mass is 455 g/mol. The van der Waals surface area contributed by atoms with Gasteiger partial charge in [-0.2, -0.15) is 0 Å². The van der Waals surface area contributed by atoms with E-state index in [4.69, 9.17) is 13.8 Å². The summed E-state index contributed by atoms with van der Waals surface area (Å²) >= 11 is 3.43. The first-order chi connectivity index (χ1) is 14.1. The molecule has 2 aromatic carbocycles. The fourth-order valence-electron chi connectivity index (χ4n) is 2.96. The van der Waals surface area contributed by atoms with Crippen LogP contribution in [0.2, 0.25) is 0 Å². The molecule has 0 saturated heterocycles. The highest BCUT2D eigenvalue weighted by Gasteiger charge is 2.21. The summed E-state index contributed by atoms with van der Waals surface area (Å²) in [6.45, 7) is 4.54. The molecule has 4 aromatic rings. The SMILES string of the molecule is CCCOc1ccc(-c2nonc2NC(=O)c2oc3ccc(Br)cc3c2C)cc1. The Morgan fingerprint density at radius 3 is 2.72 bits per heavy atom. The quantitative estimate of drug-likeness (QED) is 0.407. The maximum Gasteiger partial charge on any atom is 0.292 e. The smallest absolute Gasteiger partial charge is 0.292 e. The molecular formula is C21H18BrN3O4.